The molecular weight excluding hydrogens is 915 g/mol. The van der Waals surface area contributed by atoms with Crippen molar-refractivity contribution in [3.8, 4) is 0 Å². The third kappa shape index (κ3) is 44.2. The molecule has 0 aromatic heterocycles. The number of hydrogen-bond acceptors (Lipinski definition) is 15. The van der Waals surface area contributed by atoms with E-state index in [-0.39, 0.29) is 57.3 Å². The zero-order valence-electron chi connectivity index (χ0n) is 44.3. The van der Waals surface area contributed by atoms with Gasteiger partial charge in [-0.25, -0.2) is 0 Å². The lowest BCUT2D eigenvalue weighted by Crippen LogP contribution is -2.56. The number of carbonyl (C=O) groups is 7. The van der Waals surface area contributed by atoms with Crippen molar-refractivity contribution in [1.29, 1.82) is 0 Å². The molecule has 0 aliphatic rings. The Kier molecular flexibility index (Phi) is 53.8. The van der Waals surface area contributed by atoms with Gasteiger partial charge in [0.2, 0.25) is 0 Å². The first-order valence-corrected chi connectivity index (χ1v) is 26.3. The molecule has 0 aliphatic heterocycles. The van der Waals surface area contributed by atoms with Gasteiger partial charge in [-0.1, -0.05) is 147 Å². The Morgan fingerprint density at radius 3 is 1.27 bits per heavy atom. The number of hydrogen-bond donors (Lipinski definition) is 7. The number of carboxylic acid groups (broad SMARTS) is 3. The number of carbonyl (C=O) groups excluding carboxylic acids is 4. The van der Waals surface area contributed by atoms with E-state index in [4.69, 9.17) is 19.9 Å². The van der Waals surface area contributed by atoms with Crippen molar-refractivity contribution in [2.24, 2.45) is 5.73 Å². The predicted molar refractivity (Wildman–Crippen MR) is 280 cm³/mol. The van der Waals surface area contributed by atoms with Crippen molar-refractivity contribution in [3.63, 3.8) is 0 Å². The maximum absolute atomic E-state index is 13.2. The van der Waals surface area contributed by atoms with E-state index in [1.54, 1.807) is 0 Å². The molecule has 0 aromatic carbocycles. The molecule has 0 aromatic rings. The normalized spacial score (nSPS) is 12.3. The molecule has 0 saturated heterocycles. The van der Waals surface area contributed by atoms with Gasteiger partial charge in [-0.2, -0.15) is 0 Å². The summed E-state index contributed by atoms with van der Waals surface area (Å²) in [6.45, 7) is 2.77. The second-order valence-corrected chi connectivity index (χ2v) is 18.1. The monoisotopic (exact) mass is 1020 g/mol. The van der Waals surface area contributed by atoms with Crippen LogP contribution in [0, 0.1) is 0 Å². The maximum Gasteiger partial charge on any atom is 0.328 e. The van der Waals surface area contributed by atoms with Crippen LogP contribution in [-0.4, -0.2) is 106 Å². The molecule has 18 nitrogen and oxygen atoms in total. The van der Waals surface area contributed by atoms with Gasteiger partial charge in [-0.15, -0.1) is 0 Å². The average molecular weight is 1020 g/mol. The van der Waals surface area contributed by atoms with E-state index >= 15 is 0 Å². The standard InChI is InChI=1S/C53H92N2O13.3H3N/c1-3-5-7-9-11-13-15-17-19-21-23-25-27-29-31-36-48(59)66-42-44(68-50(61)37-32-30-28-26-24-22-20-18-16-14-12-10-8-6-4-2)43-67-49(60)39-38-46(56)51(53(64)65)55(41-47(57)58)45(52(62)63)35-33-34-40-54;;;/h17-20,44-45,51H,3-16,21-43,54H2,1-2H3,(H,57,58)(H,62,63)(H,64,65);3*1H3/b19-17-,20-18-;;;/t44-,45?,51?;;;/m1.../s1. The van der Waals surface area contributed by atoms with Crippen LogP contribution in [0.3, 0.4) is 0 Å². The van der Waals surface area contributed by atoms with Gasteiger partial charge in [0.05, 0.1) is 13.0 Å². The van der Waals surface area contributed by atoms with E-state index in [9.17, 15) is 48.9 Å². The third-order valence-corrected chi connectivity index (χ3v) is 11.8. The lowest BCUT2D eigenvalue weighted by Gasteiger charge is -2.31. The van der Waals surface area contributed by atoms with E-state index in [2.05, 4.69) is 38.2 Å². The minimum Gasteiger partial charge on any atom is -0.480 e. The predicted octanol–water partition coefficient (Wildman–Crippen LogP) is 11.3. The Labute approximate surface area is 427 Å². The van der Waals surface area contributed by atoms with Gasteiger partial charge in [-0.3, -0.25) is 38.5 Å². The lowest BCUT2D eigenvalue weighted by molar-refractivity contribution is -0.167. The Morgan fingerprint density at radius 1 is 0.479 bits per heavy atom. The fourth-order valence-corrected chi connectivity index (χ4v) is 7.83. The molecule has 0 aliphatic carbocycles. The van der Waals surface area contributed by atoms with E-state index < -0.39 is 85.8 Å². The largest absolute Gasteiger partial charge is 0.480 e. The van der Waals surface area contributed by atoms with Gasteiger partial charge < -0.3 is 53.7 Å². The second-order valence-electron chi connectivity index (χ2n) is 18.1. The minimum atomic E-state index is -2.16. The number of ketones is 1. The van der Waals surface area contributed by atoms with Gasteiger partial charge in [-0.05, 0) is 83.6 Å². The van der Waals surface area contributed by atoms with Crippen LogP contribution < -0.4 is 24.2 Å². The van der Waals surface area contributed by atoms with Gasteiger partial charge in [0.15, 0.2) is 17.9 Å². The summed E-state index contributed by atoms with van der Waals surface area (Å²) in [6, 6.07) is -3.78. The van der Waals surface area contributed by atoms with Crippen molar-refractivity contribution >= 4 is 41.6 Å². The Hall–Kier alpha value is -4.23. The van der Waals surface area contributed by atoms with Gasteiger partial charge >= 0.3 is 35.8 Å². The third-order valence-electron chi connectivity index (χ3n) is 11.8. The minimum absolute atomic E-state index is 0. The molecule has 14 N–H and O–H groups in total. The van der Waals surface area contributed by atoms with Crippen LogP contribution in [0.25, 0.3) is 0 Å². The first kappa shape index (κ1) is 73.3. The second kappa shape index (κ2) is 52.1. The molecule has 0 amide bonds. The molecule has 0 fully saturated rings. The van der Waals surface area contributed by atoms with Crippen LogP contribution in [0.4, 0.5) is 0 Å². The molecule has 416 valence electrons. The van der Waals surface area contributed by atoms with Crippen molar-refractivity contribution in [3.05, 3.63) is 24.3 Å². The molecule has 2 unspecified atom stereocenters. The lowest BCUT2D eigenvalue weighted by atomic mass is 10.0. The molecule has 3 atom stereocenters. The van der Waals surface area contributed by atoms with Crippen molar-refractivity contribution in [1.82, 2.24) is 23.4 Å². The molecule has 0 radical (unpaired) electrons. The number of unbranched alkanes of at least 4 members (excludes halogenated alkanes) is 23. The van der Waals surface area contributed by atoms with E-state index in [1.807, 2.05) is 0 Å². The molecule has 0 spiro atoms. The van der Waals surface area contributed by atoms with Crippen LogP contribution in [0.5, 0.6) is 0 Å². The summed E-state index contributed by atoms with van der Waals surface area (Å²) in [7, 11) is 0. The fourth-order valence-electron chi connectivity index (χ4n) is 7.83. The highest BCUT2D eigenvalue weighted by Crippen LogP contribution is 2.18. The number of nitrogens with two attached hydrogens (primary N) is 1. The van der Waals surface area contributed by atoms with Crippen molar-refractivity contribution in [2.45, 2.75) is 244 Å². The van der Waals surface area contributed by atoms with Crippen LogP contribution in [0.2, 0.25) is 0 Å². The highest BCUT2D eigenvalue weighted by atomic mass is 16.6. The zero-order chi connectivity index (χ0) is 50.5. The first-order valence-electron chi connectivity index (χ1n) is 26.3. The summed E-state index contributed by atoms with van der Waals surface area (Å²) in [5.74, 6) is -7.89. The topological polar surface area (TPSA) is 342 Å². The molecule has 0 bridgehead atoms. The zero-order valence-corrected chi connectivity index (χ0v) is 44.3. The average Bonchev–Trinajstić information content (AvgIpc) is 3.30. The number of esters is 3. The summed E-state index contributed by atoms with van der Waals surface area (Å²) in [5.41, 5.74) is 5.49. The van der Waals surface area contributed by atoms with Gasteiger partial charge in [0, 0.05) is 19.3 Å². The smallest absolute Gasteiger partial charge is 0.328 e. The number of aliphatic carboxylic acids is 3. The molecular formula is C53H101N5O13. The van der Waals surface area contributed by atoms with Crippen LogP contribution in [-0.2, 0) is 47.8 Å². The van der Waals surface area contributed by atoms with Crippen LogP contribution >= 0.6 is 0 Å². The number of ether oxygens (including phenoxy) is 3. The summed E-state index contributed by atoms with van der Waals surface area (Å²) in [4.78, 5) is 88.1. The first-order chi connectivity index (χ1) is 32.9. The Morgan fingerprint density at radius 2 is 0.873 bits per heavy atom. The number of nitrogens with zero attached hydrogens (tertiary/aromatic N) is 1. The number of Topliss-reactive ketones (excluding diaryl/α,β-unsaturated/α-hetero) is 1. The SMILES string of the molecule is CCCCCCCC/C=C\CCCCCCCC(=O)OC[C@H](COC(=O)CCC(=O)C(C(=O)O)N(CC(=O)O)C(CCCCN)C(=O)O)OC(=O)CCCCCCC/C=C\CCCCCCCC.N.N.N. The molecule has 71 heavy (non-hydrogen) atoms. The molecule has 18 heteroatoms. The molecule has 0 heterocycles. The summed E-state index contributed by atoms with van der Waals surface area (Å²) >= 11 is 0. The number of rotatable bonds is 49. The molecule has 0 saturated carbocycles. The Bertz CT molecular complexity index is 1430. The molecule has 0 rings (SSSR count). The van der Waals surface area contributed by atoms with Crippen LogP contribution in [0.15, 0.2) is 24.3 Å². The highest BCUT2D eigenvalue weighted by Gasteiger charge is 2.40. The highest BCUT2D eigenvalue weighted by molar-refractivity contribution is 6.04. The fraction of sp³-hybridized carbons (Fsp3) is 0.792. The quantitative estimate of drug-likeness (QED) is 0.00978. The maximum atomic E-state index is 13.2. The van der Waals surface area contributed by atoms with E-state index in [1.165, 1.54) is 77.0 Å². The van der Waals surface area contributed by atoms with Crippen molar-refractivity contribution in [2.75, 3.05) is 26.3 Å². The van der Waals surface area contributed by atoms with Gasteiger partial charge in [0.25, 0.3) is 0 Å². The van der Waals surface area contributed by atoms with E-state index in [0.29, 0.717) is 24.2 Å². The Balaban J connectivity index is -0.00000748. The summed E-state index contributed by atoms with van der Waals surface area (Å²) in [5, 5.41) is 29.2. The summed E-state index contributed by atoms with van der Waals surface area (Å²) in [6.07, 6.45) is 36.4. The number of allylic oxidation sites excluding steroid dienone is 4. The van der Waals surface area contributed by atoms with E-state index in [0.717, 1.165) is 77.0 Å². The van der Waals surface area contributed by atoms with Crippen molar-refractivity contribution < 1.29 is 63.1 Å². The number of carboxylic acids is 3. The summed E-state index contributed by atoms with van der Waals surface area (Å²) < 4.78 is 16.3. The van der Waals surface area contributed by atoms with Gasteiger partial charge in [0.1, 0.15) is 19.3 Å². The van der Waals surface area contributed by atoms with Crippen LogP contribution in [0.1, 0.15) is 226 Å².